The molecule has 0 fully saturated rings. The monoisotopic (exact) mass is 503 g/mol. The number of aromatic nitrogens is 3. The van der Waals surface area contributed by atoms with Gasteiger partial charge in [-0.1, -0.05) is 43.3 Å². The maximum atomic E-state index is 10.3. The minimum Gasteiger partial charge on any atom is -0.491 e. The third kappa shape index (κ3) is 6.73. The molecule has 190 valence electrons. The topological polar surface area (TPSA) is 110 Å². The lowest BCUT2D eigenvalue weighted by Crippen LogP contribution is -2.25. The van der Waals surface area contributed by atoms with Crippen molar-refractivity contribution in [3.05, 3.63) is 70.5 Å². The Hall–Kier alpha value is -2.65. The van der Waals surface area contributed by atoms with Gasteiger partial charge in [0.2, 0.25) is 0 Å². The van der Waals surface area contributed by atoms with E-state index >= 15 is 0 Å². The Kier molecular flexibility index (Phi) is 9.13. The molecule has 0 aliphatic heterocycles. The molecule has 0 bridgehead atoms. The summed E-state index contributed by atoms with van der Waals surface area (Å²) in [4.78, 5) is 0. The molecule has 0 radical (unpaired) electrons. The van der Waals surface area contributed by atoms with Crippen LogP contribution in [0.15, 0.2) is 42.5 Å². The smallest absolute Gasteiger partial charge is 0.122 e. The van der Waals surface area contributed by atoms with Crippen molar-refractivity contribution in [1.82, 2.24) is 15.0 Å². The van der Waals surface area contributed by atoms with E-state index in [-0.39, 0.29) is 37.7 Å². The van der Waals surface area contributed by atoms with Gasteiger partial charge in [-0.15, -0.1) is 16.7 Å². The Morgan fingerprint density at radius 3 is 2.23 bits per heavy atom. The van der Waals surface area contributed by atoms with E-state index in [1.807, 2.05) is 43.3 Å². The van der Waals surface area contributed by atoms with Crippen LogP contribution in [-0.2, 0) is 18.6 Å². The fraction of sp³-hybridized carbons (Fsp3) is 0.462. The number of alkyl halides is 1. The molecule has 0 unspecified atom stereocenters. The molecule has 3 aromatic rings. The summed E-state index contributed by atoms with van der Waals surface area (Å²) in [7, 11) is 0. The number of hydrogen-bond donors (Lipinski definition) is 3. The number of halogens is 1. The van der Waals surface area contributed by atoms with Crippen molar-refractivity contribution in [3.8, 4) is 11.5 Å². The second-order valence-corrected chi connectivity index (χ2v) is 9.48. The van der Waals surface area contributed by atoms with Crippen molar-refractivity contribution in [2.45, 2.75) is 58.5 Å². The van der Waals surface area contributed by atoms with E-state index in [0.717, 1.165) is 28.1 Å². The van der Waals surface area contributed by atoms with E-state index in [1.165, 1.54) is 0 Å². The second-order valence-electron chi connectivity index (χ2n) is 9.18. The molecule has 0 spiro atoms. The van der Waals surface area contributed by atoms with Gasteiger partial charge in [0.25, 0.3) is 0 Å². The first-order valence-corrected chi connectivity index (χ1v) is 12.1. The lowest BCUT2D eigenvalue weighted by Gasteiger charge is -2.27. The van der Waals surface area contributed by atoms with E-state index in [2.05, 4.69) is 30.2 Å². The summed E-state index contributed by atoms with van der Waals surface area (Å²) < 4.78 is 13.0. The molecule has 2 aromatic carbocycles. The van der Waals surface area contributed by atoms with Gasteiger partial charge in [-0.05, 0) is 48.7 Å². The summed E-state index contributed by atoms with van der Waals surface area (Å²) in [5.41, 5.74) is 4.20. The van der Waals surface area contributed by atoms with Gasteiger partial charge in [-0.3, -0.25) is 0 Å². The Bertz CT molecular complexity index is 1100. The highest BCUT2D eigenvalue weighted by molar-refractivity contribution is 6.18. The molecule has 3 rings (SSSR count). The molecule has 1 heterocycles. The van der Waals surface area contributed by atoms with Crippen LogP contribution in [0.5, 0.6) is 11.5 Å². The summed E-state index contributed by atoms with van der Waals surface area (Å²) in [5.74, 6) is 1.52. The second kappa shape index (κ2) is 11.9. The van der Waals surface area contributed by atoms with Gasteiger partial charge in [-0.2, -0.15) is 0 Å². The average molecular weight is 504 g/mol. The molecule has 0 aliphatic rings. The van der Waals surface area contributed by atoms with Crippen LogP contribution >= 0.6 is 11.6 Å². The highest BCUT2D eigenvalue weighted by Gasteiger charge is 2.24. The van der Waals surface area contributed by atoms with Crippen LogP contribution in [0.25, 0.3) is 0 Å². The molecule has 35 heavy (non-hydrogen) atoms. The minimum atomic E-state index is -0.771. The number of aliphatic hydroxyl groups excluding tert-OH is 3. The number of nitrogens with zero attached hydrogens (tertiary/aromatic N) is 3. The standard InChI is InChI=1S/C26H34ClN3O5/c1-17-11-20(7-10-25(17)35-15-21(32)12-27)26(3,4)19-5-8-23(9-6-19)34-16-22(33)13-30-18(2)24(14-31)28-29-30/h5-11,21-22,31-33H,12-16H2,1-4H3/t21-,22+/m1/s1. The predicted octanol–water partition coefficient (Wildman–Crippen LogP) is 3.13. The molecule has 0 amide bonds. The number of ether oxygens (including phenoxy) is 2. The number of hydrogen-bond acceptors (Lipinski definition) is 7. The Labute approximate surface area is 211 Å². The number of aryl methyl sites for hydroxylation is 1. The predicted molar refractivity (Wildman–Crippen MR) is 134 cm³/mol. The van der Waals surface area contributed by atoms with Gasteiger partial charge in [0.15, 0.2) is 0 Å². The minimum absolute atomic E-state index is 0.107. The third-order valence-electron chi connectivity index (χ3n) is 6.14. The van der Waals surface area contributed by atoms with Crippen LogP contribution in [0.3, 0.4) is 0 Å². The van der Waals surface area contributed by atoms with Crippen LogP contribution in [-0.4, -0.2) is 61.6 Å². The lowest BCUT2D eigenvalue weighted by atomic mass is 9.77. The van der Waals surface area contributed by atoms with E-state index in [1.54, 1.807) is 11.6 Å². The van der Waals surface area contributed by atoms with Gasteiger partial charge in [0, 0.05) is 5.41 Å². The maximum Gasteiger partial charge on any atom is 0.122 e. The summed E-state index contributed by atoms with van der Waals surface area (Å²) in [6, 6.07) is 13.9. The van der Waals surface area contributed by atoms with Crippen molar-refractivity contribution in [2.75, 3.05) is 19.1 Å². The SMILES string of the molecule is Cc1cc(C(C)(C)c2ccc(OC[C@@H](O)Cn3nnc(CO)c3C)cc2)ccc1OC[C@H](O)CCl. The quantitative estimate of drug-likeness (QED) is 0.326. The zero-order valence-electron chi connectivity index (χ0n) is 20.6. The largest absolute Gasteiger partial charge is 0.491 e. The van der Waals surface area contributed by atoms with E-state index in [4.69, 9.17) is 21.1 Å². The van der Waals surface area contributed by atoms with Gasteiger partial charge in [0.1, 0.15) is 42.6 Å². The molecule has 1 aromatic heterocycles. The molecular weight excluding hydrogens is 470 g/mol. The highest BCUT2D eigenvalue weighted by Crippen LogP contribution is 2.34. The van der Waals surface area contributed by atoms with Gasteiger partial charge in [-0.25, -0.2) is 4.68 Å². The van der Waals surface area contributed by atoms with Crippen molar-refractivity contribution in [3.63, 3.8) is 0 Å². The zero-order chi connectivity index (χ0) is 25.6. The average Bonchev–Trinajstić information content (AvgIpc) is 3.20. The fourth-order valence-corrected chi connectivity index (χ4v) is 3.81. The van der Waals surface area contributed by atoms with Crippen LogP contribution in [0, 0.1) is 13.8 Å². The van der Waals surface area contributed by atoms with Crippen LogP contribution in [0.4, 0.5) is 0 Å². The van der Waals surface area contributed by atoms with Crippen molar-refractivity contribution >= 4 is 11.6 Å². The summed E-state index contributed by atoms with van der Waals surface area (Å²) >= 11 is 5.64. The van der Waals surface area contributed by atoms with Crippen LogP contribution < -0.4 is 9.47 Å². The summed E-state index contributed by atoms with van der Waals surface area (Å²) in [6.45, 7) is 8.40. The maximum absolute atomic E-state index is 10.3. The van der Waals surface area contributed by atoms with Gasteiger partial charge in [0.05, 0.1) is 24.7 Å². The van der Waals surface area contributed by atoms with Gasteiger partial charge < -0.3 is 24.8 Å². The third-order valence-corrected chi connectivity index (χ3v) is 6.49. The first kappa shape index (κ1) is 26.9. The van der Waals surface area contributed by atoms with Crippen LogP contribution in [0.1, 0.15) is 41.9 Å². The molecule has 2 atom stereocenters. The fourth-order valence-electron chi connectivity index (χ4n) is 3.73. The first-order valence-electron chi connectivity index (χ1n) is 11.5. The van der Waals surface area contributed by atoms with Gasteiger partial charge >= 0.3 is 0 Å². The van der Waals surface area contributed by atoms with E-state index in [0.29, 0.717) is 11.4 Å². The highest BCUT2D eigenvalue weighted by atomic mass is 35.5. The zero-order valence-corrected chi connectivity index (χ0v) is 21.4. The summed E-state index contributed by atoms with van der Waals surface area (Å²) in [5, 5.41) is 37.0. The first-order chi connectivity index (χ1) is 16.6. The van der Waals surface area contributed by atoms with Crippen LogP contribution in [0.2, 0.25) is 0 Å². The molecule has 3 N–H and O–H groups in total. The van der Waals surface area contributed by atoms with E-state index in [9.17, 15) is 15.3 Å². The van der Waals surface area contributed by atoms with Crippen molar-refractivity contribution in [1.29, 1.82) is 0 Å². The number of aliphatic hydroxyl groups is 3. The number of rotatable bonds is 12. The van der Waals surface area contributed by atoms with Crippen molar-refractivity contribution < 1.29 is 24.8 Å². The Balaban J connectivity index is 1.60. The Morgan fingerprint density at radius 2 is 1.63 bits per heavy atom. The normalized spacial score (nSPS) is 13.5. The van der Waals surface area contributed by atoms with Crippen molar-refractivity contribution in [2.24, 2.45) is 0 Å². The molecular formula is C26H34ClN3O5. The lowest BCUT2D eigenvalue weighted by molar-refractivity contribution is 0.0882. The number of benzene rings is 2. The molecule has 9 heteroatoms. The molecule has 0 saturated carbocycles. The molecule has 8 nitrogen and oxygen atoms in total. The van der Waals surface area contributed by atoms with E-state index < -0.39 is 12.2 Å². The molecule has 0 saturated heterocycles. The summed E-state index contributed by atoms with van der Waals surface area (Å²) in [6.07, 6.45) is -1.47. The molecule has 0 aliphatic carbocycles. The Morgan fingerprint density at radius 1 is 0.971 bits per heavy atom.